The van der Waals surface area contributed by atoms with Gasteiger partial charge in [0.2, 0.25) is 5.91 Å². The maximum atomic E-state index is 12.6. The van der Waals surface area contributed by atoms with E-state index in [1.807, 2.05) is 0 Å². The van der Waals surface area contributed by atoms with Crippen molar-refractivity contribution in [2.75, 3.05) is 26.2 Å². The number of carbonyl (C=O) groups is 1. The number of nitrogens with one attached hydrogen (secondary N) is 1. The number of piperidine rings is 1. The number of carbonyl (C=O) groups excluding carboxylic acids is 1. The van der Waals surface area contributed by atoms with E-state index in [0.29, 0.717) is 18.1 Å². The molecule has 2 atom stereocenters. The summed E-state index contributed by atoms with van der Waals surface area (Å²) in [6, 6.07) is 0.373. The van der Waals surface area contributed by atoms with E-state index in [1.54, 1.807) is 0 Å². The molecule has 2 saturated heterocycles. The van der Waals surface area contributed by atoms with E-state index in [9.17, 15) is 4.79 Å². The highest BCUT2D eigenvalue weighted by Gasteiger charge is 2.36. The summed E-state index contributed by atoms with van der Waals surface area (Å²) < 4.78 is 5.85. The molecule has 1 aliphatic carbocycles. The van der Waals surface area contributed by atoms with Crippen LogP contribution in [0.25, 0.3) is 0 Å². The monoisotopic (exact) mass is 280 g/mol. The van der Waals surface area contributed by atoms with Crippen LogP contribution in [0, 0.1) is 5.92 Å². The first-order valence-corrected chi connectivity index (χ1v) is 8.46. The second-order valence-corrected chi connectivity index (χ2v) is 6.58. The molecule has 0 spiro atoms. The highest BCUT2D eigenvalue weighted by atomic mass is 16.5. The number of fused-ring (bicyclic) bond motifs is 1. The van der Waals surface area contributed by atoms with Gasteiger partial charge in [0.1, 0.15) is 0 Å². The average Bonchev–Trinajstić information content (AvgIpc) is 2.53. The second-order valence-electron chi connectivity index (χ2n) is 6.58. The number of rotatable bonds is 3. The Bertz CT molecular complexity index is 326. The third-order valence-corrected chi connectivity index (χ3v) is 5.28. The maximum Gasteiger partial charge on any atom is 0.222 e. The van der Waals surface area contributed by atoms with Crippen molar-refractivity contribution in [1.29, 1.82) is 0 Å². The van der Waals surface area contributed by atoms with Crippen LogP contribution >= 0.6 is 0 Å². The van der Waals surface area contributed by atoms with Crippen molar-refractivity contribution in [3.8, 4) is 0 Å². The lowest BCUT2D eigenvalue weighted by atomic mass is 9.89. The van der Waals surface area contributed by atoms with E-state index in [1.165, 1.54) is 25.7 Å². The lowest BCUT2D eigenvalue weighted by Crippen LogP contribution is -2.54. The summed E-state index contributed by atoms with van der Waals surface area (Å²) in [7, 11) is 0. The first-order valence-electron chi connectivity index (χ1n) is 8.46. The van der Waals surface area contributed by atoms with Gasteiger partial charge in [-0.15, -0.1) is 0 Å². The molecule has 3 aliphatic rings. The lowest BCUT2D eigenvalue weighted by Gasteiger charge is -2.44. The Balaban J connectivity index is 1.50. The Hall–Kier alpha value is -0.610. The van der Waals surface area contributed by atoms with E-state index >= 15 is 0 Å². The normalized spacial score (nSPS) is 31.9. The topological polar surface area (TPSA) is 41.6 Å². The summed E-state index contributed by atoms with van der Waals surface area (Å²) in [5, 5.41) is 3.39. The van der Waals surface area contributed by atoms with Gasteiger partial charge >= 0.3 is 0 Å². The van der Waals surface area contributed by atoms with Crippen molar-refractivity contribution in [1.82, 2.24) is 10.2 Å². The molecule has 0 aromatic rings. The van der Waals surface area contributed by atoms with Gasteiger partial charge in [-0.2, -0.15) is 0 Å². The SMILES string of the molecule is O=C(CCC1CCNCC1)N1CCOC2CCCCC21. The summed E-state index contributed by atoms with van der Waals surface area (Å²) in [5.41, 5.74) is 0. The number of nitrogens with zero attached hydrogens (tertiary/aromatic N) is 1. The zero-order valence-electron chi connectivity index (χ0n) is 12.5. The van der Waals surface area contributed by atoms with Crippen molar-refractivity contribution in [3.63, 3.8) is 0 Å². The van der Waals surface area contributed by atoms with Gasteiger partial charge in [0.25, 0.3) is 0 Å². The van der Waals surface area contributed by atoms with Gasteiger partial charge in [-0.05, 0) is 51.1 Å². The van der Waals surface area contributed by atoms with Crippen LogP contribution in [0.2, 0.25) is 0 Å². The smallest absolute Gasteiger partial charge is 0.222 e. The van der Waals surface area contributed by atoms with Crippen LogP contribution in [0.1, 0.15) is 51.4 Å². The molecule has 1 amide bonds. The molecule has 4 heteroatoms. The number of ether oxygens (including phenoxy) is 1. The predicted molar refractivity (Wildman–Crippen MR) is 78.5 cm³/mol. The lowest BCUT2D eigenvalue weighted by molar-refractivity contribution is -0.149. The molecule has 2 unspecified atom stereocenters. The Morgan fingerprint density at radius 3 is 2.80 bits per heavy atom. The summed E-state index contributed by atoms with van der Waals surface area (Å²) in [6.45, 7) is 3.80. The second kappa shape index (κ2) is 6.90. The Kier molecular flexibility index (Phi) is 4.94. The number of hydrogen-bond donors (Lipinski definition) is 1. The van der Waals surface area contributed by atoms with Crippen molar-refractivity contribution >= 4 is 5.91 Å². The quantitative estimate of drug-likeness (QED) is 0.859. The summed E-state index contributed by atoms with van der Waals surface area (Å²) in [5.74, 6) is 1.13. The first-order chi connectivity index (χ1) is 9.84. The molecular weight excluding hydrogens is 252 g/mol. The number of hydrogen-bond acceptors (Lipinski definition) is 3. The molecule has 1 saturated carbocycles. The number of morpholine rings is 1. The Morgan fingerprint density at radius 1 is 1.15 bits per heavy atom. The van der Waals surface area contributed by atoms with Gasteiger partial charge in [0.05, 0.1) is 18.8 Å². The van der Waals surface area contributed by atoms with Crippen molar-refractivity contribution < 1.29 is 9.53 Å². The fraction of sp³-hybridized carbons (Fsp3) is 0.938. The van der Waals surface area contributed by atoms with Crippen LogP contribution in [-0.2, 0) is 9.53 Å². The minimum atomic E-state index is 0.320. The molecule has 0 aromatic carbocycles. The highest BCUT2D eigenvalue weighted by molar-refractivity contribution is 5.76. The molecule has 114 valence electrons. The van der Waals surface area contributed by atoms with Crippen LogP contribution in [-0.4, -0.2) is 49.2 Å². The molecule has 3 fully saturated rings. The van der Waals surface area contributed by atoms with Crippen LogP contribution in [0.15, 0.2) is 0 Å². The van der Waals surface area contributed by atoms with E-state index in [0.717, 1.165) is 57.8 Å². The van der Waals surface area contributed by atoms with Crippen LogP contribution in [0.4, 0.5) is 0 Å². The fourth-order valence-corrected chi connectivity index (χ4v) is 4.05. The minimum absolute atomic E-state index is 0.320. The average molecular weight is 280 g/mol. The van der Waals surface area contributed by atoms with Gasteiger partial charge in [-0.1, -0.05) is 12.8 Å². The van der Waals surface area contributed by atoms with E-state index in [2.05, 4.69) is 10.2 Å². The minimum Gasteiger partial charge on any atom is -0.374 e. The molecule has 3 rings (SSSR count). The standard InChI is InChI=1S/C16H28N2O2/c19-16(6-5-13-7-9-17-10-8-13)18-11-12-20-15-4-2-1-3-14(15)18/h13-15,17H,1-12H2. The maximum absolute atomic E-state index is 12.6. The molecule has 20 heavy (non-hydrogen) atoms. The third kappa shape index (κ3) is 3.34. The van der Waals surface area contributed by atoms with Gasteiger partial charge < -0.3 is 15.0 Å². The zero-order valence-corrected chi connectivity index (χ0v) is 12.5. The molecule has 2 aliphatic heterocycles. The molecule has 0 radical (unpaired) electrons. The molecule has 0 aromatic heterocycles. The first kappa shape index (κ1) is 14.3. The fourth-order valence-electron chi connectivity index (χ4n) is 4.05. The van der Waals surface area contributed by atoms with Gasteiger partial charge in [-0.3, -0.25) is 4.79 Å². The number of amides is 1. The molecule has 2 heterocycles. The summed E-state index contributed by atoms with van der Waals surface area (Å²) >= 11 is 0. The summed E-state index contributed by atoms with van der Waals surface area (Å²) in [6.07, 6.45) is 9.42. The van der Waals surface area contributed by atoms with Crippen molar-refractivity contribution in [3.05, 3.63) is 0 Å². The highest BCUT2D eigenvalue weighted by Crippen LogP contribution is 2.29. The molecule has 4 nitrogen and oxygen atoms in total. The molecule has 0 bridgehead atoms. The van der Waals surface area contributed by atoms with Gasteiger partial charge in [0, 0.05) is 13.0 Å². The van der Waals surface area contributed by atoms with E-state index in [-0.39, 0.29) is 0 Å². The van der Waals surface area contributed by atoms with Crippen LogP contribution < -0.4 is 5.32 Å². The van der Waals surface area contributed by atoms with Crippen molar-refractivity contribution in [2.45, 2.75) is 63.5 Å². The molecular formula is C16H28N2O2. The van der Waals surface area contributed by atoms with Gasteiger partial charge in [-0.25, -0.2) is 0 Å². The molecule has 1 N–H and O–H groups in total. The Labute approximate surface area is 122 Å². The van der Waals surface area contributed by atoms with Gasteiger partial charge in [0.15, 0.2) is 0 Å². The summed E-state index contributed by atoms with van der Waals surface area (Å²) in [4.78, 5) is 14.7. The predicted octanol–water partition coefficient (Wildman–Crippen LogP) is 1.94. The zero-order chi connectivity index (χ0) is 13.8. The third-order valence-electron chi connectivity index (χ3n) is 5.28. The van der Waals surface area contributed by atoms with Crippen LogP contribution in [0.3, 0.4) is 0 Å². The van der Waals surface area contributed by atoms with E-state index in [4.69, 9.17) is 4.74 Å². The Morgan fingerprint density at radius 2 is 1.95 bits per heavy atom. The van der Waals surface area contributed by atoms with Crippen molar-refractivity contribution in [2.24, 2.45) is 5.92 Å². The largest absolute Gasteiger partial charge is 0.374 e. The van der Waals surface area contributed by atoms with Crippen LogP contribution in [0.5, 0.6) is 0 Å². The van der Waals surface area contributed by atoms with E-state index < -0.39 is 0 Å².